The maximum absolute atomic E-state index is 6.04. The quantitative estimate of drug-likeness (QED) is 0.850. The van der Waals surface area contributed by atoms with Gasteiger partial charge in [-0.15, -0.1) is 11.3 Å². The second kappa shape index (κ2) is 5.00. The van der Waals surface area contributed by atoms with Crippen LogP contribution in [0.1, 0.15) is 10.6 Å². The molecule has 0 radical (unpaired) electrons. The van der Waals surface area contributed by atoms with Gasteiger partial charge >= 0.3 is 0 Å². The van der Waals surface area contributed by atoms with Crippen LogP contribution in [-0.2, 0) is 12.8 Å². The van der Waals surface area contributed by atoms with Crippen LogP contribution in [0.15, 0.2) is 36.1 Å². The number of pyridine rings is 1. The van der Waals surface area contributed by atoms with Gasteiger partial charge in [0.05, 0.1) is 5.01 Å². The molecule has 0 aliphatic carbocycles. The van der Waals surface area contributed by atoms with Crippen molar-refractivity contribution in [1.82, 2.24) is 9.97 Å². The molecule has 0 fully saturated rings. The molecule has 1 atom stereocenters. The Bertz CT molecular complexity index is 385. The Balaban J connectivity index is 1.90. The van der Waals surface area contributed by atoms with E-state index in [2.05, 4.69) is 16.0 Å². The number of nitrogens with two attached hydrogens (primary N) is 1. The first-order chi connectivity index (χ1) is 7.34. The zero-order valence-electron chi connectivity index (χ0n) is 8.34. The highest BCUT2D eigenvalue weighted by Crippen LogP contribution is 2.09. The van der Waals surface area contributed by atoms with Gasteiger partial charge in [0.15, 0.2) is 0 Å². The van der Waals surface area contributed by atoms with Gasteiger partial charge in [-0.05, 0) is 18.1 Å². The third-order valence-corrected chi connectivity index (χ3v) is 2.94. The van der Waals surface area contributed by atoms with E-state index in [-0.39, 0.29) is 6.04 Å². The molecule has 4 heteroatoms. The van der Waals surface area contributed by atoms with E-state index >= 15 is 0 Å². The fourth-order valence-electron chi connectivity index (χ4n) is 1.47. The smallest absolute Gasteiger partial charge is 0.0940 e. The maximum Gasteiger partial charge on any atom is 0.0940 e. The highest BCUT2D eigenvalue weighted by atomic mass is 32.1. The largest absolute Gasteiger partial charge is 0.327 e. The van der Waals surface area contributed by atoms with Crippen molar-refractivity contribution >= 4 is 11.3 Å². The number of hydrogen-bond donors (Lipinski definition) is 1. The lowest BCUT2D eigenvalue weighted by Gasteiger charge is -2.08. The van der Waals surface area contributed by atoms with E-state index in [9.17, 15) is 0 Å². The van der Waals surface area contributed by atoms with Gasteiger partial charge in [0, 0.05) is 36.4 Å². The minimum Gasteiger partial charge on any atom is -0.327 e. The van der Waals surface area contributed by atoms with Crippen molar-refractivity contribution in [3.8, 4) is 0 Å². The molecule has 0 spiro atoms. The Morgan fingerprint density at radius 3 is 2.93 bits per heavy atom. The van der Waals surface area contributed by atoms with Gasteiger partial charge in [-0.2, -0.15) is 0 Å². The lowest BCUT2D eigenvalue weighted by Crippen LogP contribution is -2.25. The van der Waals surface area contributed by atoms with E-state index in [1.165, 1.54) is 5.56 Å². The van der Waals surface area contributed by atoms with Crippen LogP contribution in [0, 0.1) is 0 Å². The van der Waals surface area contributed by atoms with E-state index in [0.29, 0.717) is 0 Å². The summed E-state index contributed by atoms with van der Waals surface area (Å²) in [7, 11) is 0. The molecular weight excluding hydrogens is 206 g/mol. The normalized spacial score (nSPS) is 12.6. The topological polar surface area (TPSA) is 51.8 Å². The second-order valence-electron chi connectivity index (χ2n) is 3.46. The first kappa shape index (κ1) is 10.3. The molecule has 2 N–H and O–H groups in total. The summed E-state index contributed by atoms with van der Waals surface area (Å²) in [6.07, 6.45) is 7.15. The van der Waals surface area contributed by atoms with Gasteiger partial charge in [-0.1, -0.05) is 6.07 Å². The second-order valence-corrected chi connectivity index (χ2v) is 4.43. The zero-order valence-corrected chi connectivity index (χ0v) is 9.15. The first-order valence-corrected chi connectivity index (χ1v) is 5.75. The molecule has 2 heterocycles. The SMILES string of the molecule is NC(Cc1cccnc1)Cc1nccs1. The third-order valence-electron chi connectivity index (χ3n) is 2.14. The molecule has 2 aromatic rings. The zero-order chi connectivity index (χ0) is 10.5. The summed E-state index contributed by atoms with van der Waals surface area (Å²) in [5, 5.41) is 3.08. The number of hydrogen-bond acceptors (Lipinski definition) is 4. The highest BCUT2D eigenvalue weighted by Gasteiger charge is 2.06. The summed E-state index contributed by atoms with van der Waals surface area (Å²) in [5.41, 5.74) is 7.22. The first-order valence-electron chi connectivity index (χ1n) is 4.87. The number of aromatic nitrogens is 2. The fourth-order valence-corrected chi connectivity index (χ4v) is 2.18. The standard InChI is InChI=1S/C11H13N3S/c12-10(7-11-14-4-5-15-11)6-9-2-1-3-13-8-9/h1-5,8,10H,6-7,12H2. The van der Waals surface area contributed by atoms with Crippen molar-refractivity contribution in [2.24, 2.45) is 5.73 Å². The van der Waals surface area contributed by atoms with Gasteiger partial charge < -0.3 is 5.73 Å². The Labute approximate surface area is 93.0 Å². The predicted octanol–water partition coefficient (Wildman–Crippen LogP) is 1.65. The summed E-state index contributed by atoms with van der Waals surface area (Å²) in [5.74, 6) is 0. The molecule has 0 aromatic carbocycles. The van der Waals surface area contributed by atoms with Crippen LogP contribution in [0.5, 0.6) is 0 Å². The number of thiazole rings is 1. The summed E-state index contributed by atoms with van der Waals surface area (Å²) in [6.45, 7) is 0. The molecule has 0 saturated heterocycles. The molecular formula is C11H13N3S. The van der Waals surface area contributed by atoms with Gasteiger partial charge in [-0.3, -0.25) is 4.98 Å². The van der Waals surface area contributed by atoms with Crippen molar-refractivity contribution in [3.63, 3.8) is 0 Å². The molecule has 0 saturated carbocycles. The molecule has 0 aliphatic rings. The van der Waals surface area contributed by atoms with Crippen LogP contribution >= 0.6 is 11.3 Å². The lowest BCUT2D eigenvalue weighted by atomic mass is 10.1. The molecule has 3 nitrogen and oxygen atoms in total. The molecule has 0 bridgehead atoms. The van der Waals surface area contributed by atoms with Crippen molar-refractivity contribution < 1.29 is 0 Å². The van der Waals surface area contributed by atoms with Crippen LogP contribution in [-0.4, -0.2) is 16.0 Å². The number of nitrogens with zero attached hydrogens (tertiary/aromatic N) is 2. The Kier molecular flexibility index (Phi) is 3.42. The van der Waals surface area contributed by atoms with Crippen LogP contribution in [0.25, 0.3) is 0 Å². The van der Waals surface area contributed by atoms with Gasteiger partial charge in [-0.25, -0.2) is 4.98 Å². The Morgan fingerprint density at radius 2 is 2.27 bits per heavy atom. The highest BCUT2D eigenvalue weighted by molar-refractivity contribution is 7.09. The van der Waals surface area contributed by atoms with E-state index in [0.717, 1.165) is 17.8 Å². The third kappa shape index (κ3) is 3.11. The minimum absolute atomic E-state index is 0.125. The van der Waals surface area contributed by atoms with Gasteiger partial charge in [0.25, 0.3) is 0 Å². The summed E-state index contributed by atoms with van der Waals surface area (Å²) in [4.78, 5) is 8.29. The maximum atomic E-state index is 6.04. The Hall–Kier alpha value is -1.26. The molecule has 0 aliphatic heterocycles. The van der Waals surface area contributed by atoms with Crippen molar-refractivity contribution in [2.45, 2.75) is 18.9 Å². The van der Waals surface area contributed by atoms with Crippen molar-refractivity contribution in [1.29, 1.82) is 0 Å². The van der Waals surface area contributed by atoms with Gasteiger partial charge in [0.1, 0.15) is 0 Å². The molecule has 2 aromatic heterocycles. The summed E-state index contributed by atoms with van der Waals surface area (Å²) < 4.78 is 0. The van der Waals surface area contributed by atoms with Crippen LogP contribution in [0.3, 0.4) is 0 Å². The Morgan fingerprint density at radius 1 is 1.33 bits per heavy atom. The van der Waals surface area contributed by atoms with Crippen LogP contribution in [0.4, 0.5) is 0 Å². The van der Waals surface area contributed by atoms with E-state index in [1.807, 2.05) is 23.8 Å². The average molecular weight is 219 g/mol. The van der Waals surface area contributed by atoms with Crippen LogP contribution in [0.2, 0.25) is 0 Å². The molecule has 2 rings (SSSR count). The molecule has 78 valence electrons. The fraction of sp³-hybridized carbons (Fsp3) is 0.273. The number of rotatable bonds is 4. The molecule has 15 heavy (non-hydrogen) atoms. The van der Waals surface area contributed by atoms with E-state index < -0.39 is 0 Å². The molecule has 1 unspecified atom stereocenters. The summed E-state index contributed by atoms with van der Waals surface area (Å²) >= 11 is 1.66. The van der Waals surface area contributed by atoms with E-state index in [1.54, 1.807) is 17.5 Å². The predicted molar refractivity (Wildman–Crippen MR) is 61.7 cm³/mol. The van der Waals surface area contributed by atoms with Crippen molar-refractivity contribution in [3.05, 3.63) is 46.7 Å². The monoisotopic (exact) mass is 219 g/mol. The summed E-state index contributed by atoms with van der Waals surface area (Å²) in [6, 6.07) is 4.11. The van der Waals surface area contributed by atoms with Crippen LogP contribution < -0.4 is 5.73 Å². The van der Waals surface area contributed by atoms with Crippen molar-refractivity contribution in [2.75, 3.05) is 0 Å². The van der Waals surface area contributed by atoms with E-state index in [4.69, 9.17) is 5.73 Å². The lowest BCUT2D eigenvalue weighted by molar-refractivity contribution is 0.661. The molecule has 0 amide bonds. The minimum atomic E-state index is 0.125. The average Bonchev–Trinajstić information content (AvgIpc) is 2.71. The van der Waals surface area contributed by atoms with Gasteiger partial charge in [0.2, 0.25) is 0 Å².